The Morgan fingerprint density at radius 2 is 1.43 bits per heavy atom. The first kappa shape index (κ1) is 45.0. The summed E-state index contributed by atoms with van der Waals surface area (Å²) in [5.41, 5.74) is 23.7. The number of amidine groups is 1. The summed E-state index contributed by atoms with van der Waals surface area (Å²) in [6.07, 6.45) is 13.7. The topological polar surface area (TPSA) is 253 Å². The Balaban J connectivity index is 1.60. The van der Waals surface area contributed by atoms with E-state index < -0.39 is 71.4 Å². The van der Waals surface area contributed by atoms with Crippen molar-refractivity contribution >= 4 is 35.1 Å². The van der Waals surface area contributed by atoms with E-state index in [0.717, 1.165) is 69.8 Å². The third-order valence-corrected chi connectivity index (χ3v) is 12.5. The Bertz CT molecular complexity index is 1470. The van der Waals surface area contributed by atoms with Crippen LogP contribution in [0.25, 0.3) is 0 Å². The van der Waals surface area contributed by atoms with Crippen molar-refractivity contribution in [3.05, 3.63) is 35.9 Å². The molecule has 2 saturated carbocycles. The summed E-state index contributed by atoms with van der Waals surface area (Å²) in [6, 6.07) is 4.84. The van der Waals surface area contributed by atoms with Gasteiger partial charge in [-0.3, -0.25) is 29.4 Å². The summed E-state index contributed by atoms with van der Waals surface area (Å²) in [5, 5.41) is 17.6. The van der Waals surface area contributed by atoms with E-state index in [2.05, 4.69) is 16.0 Å². The van der Waals surface area contributed by atoms with Crippen LogP contribution < -0.4 is 38.9 Å². The number of benzene rings is 1. The Morgan fingerprint density at radius 1 is 0.821 bits per heavy atom. The summed E-state index contributed by atoms with van der Waals surface area (Å²) >= 11 is 0. The van der Waals surface area contributed by atoms with Crippen molar-refractivity contribution in [2.45, 2.75) is 146 Å². The zero-order valence-electron chi connectivity index (χ0n) is 33.6. The van der Waals surface area contributed by atoms with Gasteiger partial charge in [0.25, 0.3) is 0 Å². The summed E-state index contributed by atoms with van der Waals surface area (Å²) < 4.78 is 0. The van der Waals surface area contributed by atoms with Crippen LogP contribution in [0.1, 0.15) is 115 Å². The molecule has 3 aliphatic rings. The van der Waals surface area contributed by atoms with E-state index in [4.69, 9.17) is 28.3 Å². The lowest BCUT2D eigenvalue weighted by Gasteiger charge is -2.38. The molecule has 1 aliphatic heterocycles. The maximum atomic E-state index is 15.0. The standard InChI is InChI=1S/C42H69N9O5/c1-48-34(26-30-18-9-4-10-19-30)39(55)50-33(20-11-12-22-43)40(56)51-23-13-21-35(51)37(53)42(41(46)47,36(52)31(44)24-28-14-5-2-6-15-28)27-49-38(54)32(45)25-29-16-7-3-8-17-29/h4,9-10,18-19,28-29,31-35,48H,2-3,5-8,11-17,20-27,43-45H2,1H3,(H3,46,47)(H,49,54)(H,50,55)/t31-,32+,33+,34+,35+,42?/m1/s1. The highest BCUT2D eigenvalue weighted by Crippen LogP contribution is 2.34. The van der Waals surface area contributed by atoms with Gasteiger partial charge in [-0.1, -0.05) is 94.5 Å². The number of hydrogen-bond acceptors (Lipinski definition) is 10. The number of carbonyl (C=O) groups excluding carboxylic acids is 5. The lowest BCUT2D eigenvalue weighted by atomic mass is 9.70. The molecular weight excluding hydrogens is 711 g/mol. The van der Waals surface area contributed by atoms with Crippen molar-refractivity contribution in [2.24, 2.45) is 40.2 Å². The van der Waals surface area contributed by atoms with E-state index in [1.807, 2.05) is 30.3 Å². The highest BCUT2D eigenvalue weighted by molar-refractivity contribution is 6.27. The van der Waals surface area contributed by atoms with Gasteiger partial charge in [0.2, 0.25) is 17.7 Å². The normalized spacial score (nSPS) is 21.3. The quantitative estimate of drug-likeness (QED) is 0.0369. The first-order chi connectivity index (χ1) is 26.9. The number of hydrogen-bond donors (Lipinski definition) is 8. The number of nitrogens with two attached hydrogens (primary N) is 4. The van der Waals surface area contributed by atoms with Crippen LogP contribution in [0.15, 0.2) is 30.3 Å². The smallest absolute Gasteiger partial charge is 0.245 e. The van der Waals surface area contributed by atoms with Crippen molar-refractivity contribution in [1.82, 2.24) is 20.9 Å². The molecule has 0 radical (unpaired) electrons. The SMILES string of the molecule is CN[C@@H](Cc1ccccc1)C(=O)N[C@@H](CCCCN)C(=O)N1CCC[C@H]1C(=O)C(CNC(=O)[C@@H](N)CC1CCCCC1)(C(=N)N)C(=O)[C@H](N)CC1CCCCC1. The number of likely N-dealkylation sites (tertiary alicyclic amines) is 1. The molecule has 12 N–H and O–H groups in total. The Labute approximate surface area is 333 Å². The third kappa shape index (κ3) is 11.9. The van der Waals surface area contributed by atoms with Gasteiger partial charge >= 0.3 is 0 Å². The molecule has 3 amide bonds. The van der Waals surface area contributed by atoms with Crippen LogP contribution in [0.3, 0.4) is 0 Å². The molecule has 1 saturated heterocycles. The third-order valence-electron chi connectivity index (χ3n) is 12.5. The average molecular weight is 780 g/mol. The van der Waals surface area contributed by atoms with E-state index in [0.29, 0.717) is 57.4 Å². The number of amides is 3. The van der Waals surface area contributed by atoms with Gasteiger partial charge in [0.1, 0.15) is 11.9 Å². The second kappa shape index (κ2) is 22.3. The van der Waals surface area contributed by atoms with Crippen LogP contribution in [0, 0.1) is 22.7 Å². The Hall–Kier alpha value is -3.72. The minimum atomic E-state index is -2.31. The van der Waals surface area contributed by atoms with E-state index in [1.165, 1.54) is 4.90 Å². The number of ketones is 2. The van der Waals surface area contributed by atoms with E-state index in [-0.39, 0.29) is 24.8 Å². The fraction of sp³-hybridized carbons (Fsp3) is 0.714. The molecule has 1 unspecified atom stereocenters. The van der Waals surface area contributed by atoms with Crippen LogP contribution >= 0.6 is 0 Å². The number of carbonyl (C=O) groups is 5. The monoisotopic (exact) mass is 780 g/mol. The van der Waals surface area contributed by atoms with Crippen molar-refractivity contribution in [3.8, 4) is 0 Å². The van der Waals surface area contributed by atoms with Gasteiger partial charge in [0.15, 0.2) is 17.0 Å². The molecule has 2 aliphatic carbocycles. The highest BCUT2D eigenvalue weighted by atomic mass is 16.2. The minimum absolute atomic E-state index is 0.187. The van der Waals surface area contributed by atoms with Gasteiger partial charge in [-0.15, -0.1) is 0 Å². The van der Waals surface area contributed by atoms with Crippen molar-refractivity contribution < 1.29 is 24.0 Å². The average Bonchev–Trinajstić information content (AvgIpc) is 3.70. The minimum Gasteiger partial charge on any atom is -0.386 e. The predicted octanol–water partition coefficient (Wildman–Crippen LogP) is 2.19. The van der Waals surface area contributed by atoms with Gasteiger partial charge < -0.3 is 43.8 Å². The summed E-state index contributed by atoms with van der Waals surface area (Å²) in [7, 11) is 1.69. The summed E-state index contributed by atoms with van der Waals surface area (Å²) in [6.45, 7) is 0.0359. The van der Waals surface area contributed by atoms with Crippen molar-refractivity contribution in [1.29, 1.82) is 5.41 Å². The molecule has 1 heterocycles. The molecule has 0 bridgehead atoms. The number of rotatable bonds is 22. The molecule has 1 aromatic carbocycles. The van der Waals surface area contributed by atoms with Crippen LogP contribution in [0.2, 0.25) is 0 Å². The van der Waals surface area contributed by atoms with Crippen molar-refractivity contribution in [2.75, 3.05) is 26.7 Å². The van der Waals surface area contributed by atoms with E-state index in [1.54, 1.807) is 7.05 Å². The Morgan fingerprint density at radius 3 is 2.00 bits per heavy atom. The fourth-order valence-electron chi connectivity index (χ4n) is 9.09. The van der Waals surface area contributed by atoms with Gasteiger partial charge in [-0.25, -0.2) is 0 Å². The first-order valence-electron chi connectivity index (χ1n) is 21.2. The largest absolute Gasteiger partial charge is 0.386 e. The number of likely N-dealkylation sites (N-methyl/N-ethyl adjacent to an activating group) is 1. The zero-order valence-corrected chi connectivity index (χ0v) is 33.6. The fourth-order valence-corrected chi connectivity index (χ4v) is 9.09. The molecule has 312 valence electrons. The molecule has 6 atom stereocenters. The van der Waals surface area contributed by atoms with Gasteiger partial charge in [0.05, 0.1) is 24.2 Å². The number of nitrogens with zero attached hydrogens (tertiary/aromatic N) is 1. The lowest BCUT2D eigenvalue weighted by Crippen LogP contribution is -2.65. The van der Waals surface area contributed by atoms with Gasteiger partial charge in [-0.2, -0.15) is 0 Å². The van der Waals surface area contributed by atoms with E-state index in [9.17, 15) is 19.2 Å². The predicted molar refractivity (Wildman–Crippen MR) is 218 cm³/mol. The second-order valence-corrected chi connectivity index (χ2v) is 16.5. The van der Waals surface area contributed by atoms with Crippen LogP contribution in [0.5, 0.6) is 0 Å². The molecule has 0 aromatic heterocycles. The lowest BCUT2D eigenvalue weighted by molar-refractivity contribution is -0.146. The number of Topliss-reactive ketones (excluding diaryl/α,β-unsaturated/α-hetero) is 2. The first-order valence-corrected chi connectivity index (χ1v) is 21.2. The number of nitrogens with one attached hydrogen (secondary N) is 4. The van der Waals surface area contributed by atoms with E-state index >= 15 is 4.79 Å². The highest BCUT2D eigenvalue weighted by Gasteiger charge is 2.55. The maximum absolute atomic E-state index is 15.0. The van der Waals surface area contributed by atoms with Crippen molar-refractivity contribution in [3.63, 3.8) is 0 Å². The molecule has 3 fully saturated rings. The summed E-state index contributed by atoms with van der Waals surface area (Å²) in [4.78, 5) is 72.8. The second-order valence-electron chi connectivity index (χ2n) is 16.5. The molecule has 14 heteroatoms. The van der Waals surface area contributed by atoms with Crippen LogP contribution in [0.4, 0.5) is 0 Å². The molecule has 14 nitrogen and oxygen atoms in total. The molecular formula is C42H69N9O5. The number of unbranched alkanes of at least 4 members (excludes halogenated alkanes) is 1. The maximum Gasteiger partial charge on any atom is 0.245 e. The summed E-state index contributed by atoms with van der Waals surface area (Å²) in [5.74, 6) is -3.05. The van der Waals surface area contributed by atoms with Crippen LogP contribution in [-0.2, 0) is 30.4 Å². The zero-order chi connectivity index (χ0) is 40.7. The molecule has 56 heavy (non-hydrogen) atoms. The molecule has 0 spiro atoms. The Kier molecular flexibility index (Phi) is 17.9. The molecule has 4 rings (SSSR count). The molecule has 1 aromatic rings. The van der Waals surface area contributed by atoms with Crippen LogP contribution in [-0.4, -0.2) is 96.9 Å². The van der Waals surface area contributed by atoms with Gasteiger partial charge in [0, 0.05) is 13.1 Å². The van der Waals surface area contributed by atoms with Gasteiger partial charge in [-0.05, 0) is 82.4 Å².